The summed E-state index contributed by atoms with van der Waals surface area (Å²) >= 11 is 0. The van der Waals surface area contributed by atoms with Crippen LogP contribution in [-0.4, -0.2) is 20.9 Å². The molecule has 4 aromatic rings. The van der Waals surface area contributed by atoms with Gasteiger partial charge in [-0.3, -0.25) is 9.78 Å². The summed E-state index contributed by atoms with van der Waals surface area (Å²) in [4.78, 5) is 28.0. The first kappa shape index (κ1) is 19.3. The van der Waals surface area contributed by atoms with E-state index in [1.165, 1.54) is 0 Å². The summed E-state index contributed by atoms with van der Waals surface area (Å²) in [6.07, 6.45) is 3.33. The fraction of sp³-hybridized carbons (Fsp3) is 0.0833. The van der Waals surface area contributed by atoms with Gasteiger partial charge in [0.05, 0.1) is 18.8 Å². The number of carbonyl (C=O) groups is 1. The number of hydrogen-bond donors (Lipinski definition) is 1. The van der Waals surface area contributed by atoms with E-state index < -0.39 is 0 Å². The van der Waals surface area contributed by atoms with Crippen molar-refractivity contribution >= 4 is 17.5 Å². The van der Waals surface area contributed by atoms with Gasteiger partial charge in [-0.05, 0) is 35.9 Å². The maximum Gasteiger partial charge on any atom is 0.277 e. The Kier molecular flexibility index (Phi) is 6.05. The summed E-state index contributed by atoms with van der Waals surface area (Å²) in [7, 11) is 0. The second-order valence-corrected chi connectivity index (χ2v) is 6.65. The molecule has 6 heteroatoms. The zero-order chi connectivity index (χ0) is 20.6. The van der Waals surface area contributed by atoms with E-state index in [0.29, 0.717) is 24.7 Å². The summed E-state index contributed by atoms with van der Waals surface area (Å²) in [5, 5.41) is 3.13. The molecule has 30 heavy (non-hydrogen) atoms. The third kappa shape index (κ3) is 4.86. The molecule has 1 amide bonds. The molecule has 148 valence electrons. The third-order valence-corrected chi connectivity index (χ3v) is 4.52. The van der Waals surface area contributed by atoms with E-state index in [9.17, 15) is 4.79 Å². The molecule has 0 aliphatic heterocycles. The van der Waals surface area contributed by atoms with Gasteiger partial charge in [0.15, 0.2) is 0 Å². The van der Waals surface area contributed by atoms with Crippen LogP contribution in [0.15, 0.2) is 97.3 Å². The Morgan fingerprint density at radius 1 is 0.800 bits per heavy atom. The first-order valence-corrected chi connectivity index (χ1v) is 9.67. The van der Waals surface area contributed by atoms with Crippen molar-refractivity contribution in [2.24, 2.45) is 0 Å². The largest absolute Gasteiger partial charge is 0.349 e. The molecule has 6 nitrogen and oxygen atoms in total. The molecule has 0 saturated heterocycles. The second-order valence-electron chi connectivity index (χ2n) is 6.65. The van der Waals surface area contributed by atoms with E-state index in [0.717, 1.165) is 16.9 Å². The molecule has 0 atom stereocenters. The highest BCUT2D eigenvalue weighted by molar-refractivity contribution is 6.04. The van der Waals surface area contributed by atoms with Crippen LogP contribution in [0.1, 0.15) is 21.7 Å². The minimum atomic E-state index is -0.187. The molecule has 0 saturated carbocycles. The molecule has 0 spiro atoms. The van der Waals surface area contributed by atoms with Crippen molar-refractivity contribution in [3.63, 3.8) is 0 Å². The Hall–Kier alpha value is -4.06. The lowest BCUT2D eigenvalue weighted by Crippen LogP contribution is -2.31. The predicted molar refractivity (Wildman–Crippen MR) is 117 cm³/mol. The minimum Gasteiger partial charge on any atom is -0.349 e. The highest BCUT2D eigenvalue weighted by atomic mass is 16.2. The van der Waals surface area contributed by atoms with Gasteiger partial charge in [-0.2, -0.15) is 0 Å². The number of pyridine rings is 1. The van der Waals surface area contributed by atoms with Crippen molar-refractivity contribution in [2.75, 3.05) is 10.2 Å². The van der Waals surface area contributed by atoms with Crippen molar-refractivity contribution in [1.29, 1.82) is 0 Å². The molecule has 2 aromatic heterocycles. The minimum absolute atomic E-state index is 0.187. The van der Waals surface area contributed by atoms with E-state index in [-0.39, 0.29) is 5.91 Å². The molecular formula is C24H21N5O. The van der Waals surface area contributed by atoms with Gasteiger partial charge in [-0.1, -0.05) is 54.6 Å². The quantitative estimate of drug-likeness (QED) is 0.504. The predicted octanol–water partition coefficient (Wildman–Crippen LogP) is 4.33. The maximum atomic E-state index is 13.4. The first-order valence-electron chi connectivity index (χ1n) is 9.67. The standard InChI is InChI=1S/C24H21N5O/c30-23(22-14-16-26-24(28-22)27-17-20-11-7-8-15-25-20)29(21-12-5-2-6-13-21)18-19-9-3-1-4-10-19/h1-16H,17-18H2,(H,26,27,28). The normalized spacial score (nSPS) is 10.4. The zero-order valence-electron chi connectivity index (χ0n) is 16.3. The average molecular weight is 395 g/mol. The van der Waals surface area contributed by atoms with Gasteiger partial charge in [-0.15, -0.1) is 0 Å². The Bertz CT molecular complexity index is 1090. The number of para-hydroxylation sites is 1. The van der Waals surface area contributed by atoms with Crippen LogP contribution >= 0.6 is 0 Å². The number of carbonyl (C=O) groups excluding carboxylic acids is 1. The van der Waals surface area contributed by atoms with Crippen LogP contribution in [-0.2, 0) is 13.1 Å². The van der Waals surface area contributed by atoms with Gasteiger partial charge in [-0.25, -0.2) is 9.97 Å². The summed E-state index contributed by atoms with van der Waals surface area (Å²) in [6, 6.07) is 26.8. The molecule has 0 bridgehead atoms. The van der Waals surface area contributed by atoms with E-state index in [1.54, 1.807) is 23.4 Å². The summed E-state index contributed by atoms with van der Waals surface area (Å²) in [6.45, 7) is 0.926. The number of nitrogens with zero attached hydrogens (tertiary/aromatic N) is 4. The van der Waals surface area contributed by atoms with Crippen molar-refractivity contribution in [2.45, 2.75) is 13.1 Å². The van der Waals surface area contributed by atoms with Crippen LogP contribution in [0.25, 0.3) is 0 Å². The third-order valence-electron chi connectivity index (χ3n) is 4.52. The van der Waals surface area contributed by atoms with E-state index >= 15 is 0 Å². The van der Waals surface area contributed by atoms with Gasteiger partial charge < -0.3 is 10.2 Å². The fourth-order valence-electron chi connectivity index (χ4n) is 3.03. The number of amides is 1. The highest BCUT2D eigenvalue weighted by Crippen LogP contribution is 2.19. The second kappa shape index (κ2) is 9.43. The number of nitrogens with one attached hydrogen (secondary N) is 1. The molecule has 0 unspecified atom stereocenters. The number of benzene rings is 2. The molecular weight excluding hydrogens is 374 g/mol. The number of rotatable bonds is 7. The van der Waals surface area contributed by atoms with E-state index in [4.69, 9.17) is 0 Å². The molecule has 2 heterocycles. The molecule has 0 aliphatic rings. The van der Waals surface area contributed by atoms with Crippen molar-refractivity contribution in [3.05, 3.63) is 114 Å². The maximum absolute atomic E-state index is 13.4. The van der Waals surface area contributed by atoms with Crippen LogP contribution in [0.2, 0.25) is 0 Å². The first-order chi connectivity index (χ1) is 14.8. The van der Waals surface area contributed by atoms with Crippen molar-refractivity contribution < 1.29 is 4.79 Å². The summed E-state index contributed by atoms with van der Waals surface area (Å²) in [5.74, 6) is 0.201. The lowest BCUT2D eigenvalue weighted by atomic mass is 10.2. The Labute approximate surface area is 175 Å². The van der Waals surface area contributed by atoms with Crippen LogP contribution in [0, 0.1) is 0 Å². The van der Waals surface area contributed by atoms with Gasteiger partial charge in [0.25, 0.3) is 5.91 Å². The summed E-state index contributed by atoms with van der Waals surface area (Å²) in [5.41, 5.74) is 3.05. The van der Waals surface area contributed by atoms with Gasteiger partial charge in [0.1, 0.15) is 5.69 Å². The molecule has 1 N–H and O–H groups in total. The molecule has 0 fully saturated rings. The molecule has 0 radical (unpaired) electrons. The Morgan fingerprint density at radius 3 is 2.27 bits per heavy atom. The number of anilines is 2. The number of aromatic nitrogens is 3. The van der Waals surface area contributed by atoms with E-state index in [2.05, 4.69) is 20.3 Å². The molecule has 0 aliphatic carbocycles. The smallest absolute Gasteiger partial charge is 0.277 e. The lowest BCUT2D eigenvalue weighted by molar-refractivity contribution is 0.0980. The van der Waals surface area contributed by atoms with Crippen LogP contribution < -0.4 is 10.2 Å². The van der Waals surface area contributed by atoms with Crippen LogP contribution in [0.5, 0.6) is 0 Å². The van der Waals surface area contributed by atoms with Crippen molar-refractivity contribution in [3.8, 4) is 0 Å². The molecule has 2 aromatic carbocycles. The summed E-state index contributed by atoms with van der Waals surface area (Å²) < 4.78 is 0. The SMILES string of the molecule is O=C(c1ccnc(NCc2ccccn2)n1)N(Cc1ccccc1)c1ccccc1. The molecule has 4 rings (SSSR count). The Balaban J connectivity index is 1.56. The number of hydrogen-bond acceptors (Lipinski definition) is 5. The fourth-order valence-corrected chi connectivity index (χ4v) is 3.03. The van der Waals surface area contributed by atoms with Gasteiger partial charge in [0, 0.05) is 18.1 Å². The zero-order valence-corrected chi connectivity index (χ0v) is 16.3. The monoisotopic (exact) mass is 395 g/mol. The lowest BCUT2D eigenvalue weighted by Gasteiger charge is -2.23. The van der Waals surface area contributed by atoms with Crippen LogP contribution in [0.3, 0.4) is 0 Å². The highest BCUT2D eigenvalue weighted by Gasteiger charge is 2.20. The van der Waals surface area contributed by atoms with E-state index in [1.807, 2.05) is 78.9 Å². The topological polar surface area (TPSA) is 71.0 Å². The Morgan fingerprint density at radius 2 is 1.53 bits per heavy atom. The van der Waals surface area contributed by atoms with Crippen molar-refractivity contribution in [1.82, 2.24) is 15.0 Å². The van der Waals surface area contributed by atoms with Gasteiger partial charge >= 0.3 is 0 Å². The van der Waals surface area contributed by atoms with Gasteiger partial charge in [0.2, 0.25) is 5.95 Å². The van der Waals surface area contributed by atoms with Crippen LogP contribution in [0.4, 0.5) is 11.6 Å². The average Bonchev–Trinajstić information content (AvgIpc) is 2.83.